The molecule has 1 aliphatic rings. The summed E-state index contributed by atoms with van der Waals surface area (Å²) in [5.41, 5.74) is 3.18. The Kier molecular flexibility index (Phi) is 3.21. The van der Waals surface area contributed by atoms with Crippen LogP contribution in [0.25, 0.3) is 0 Å². The first-order valence-corrected chi connectivity index (χ1v) is 6.48. The second-order valence-corrected chi connectivity index (χ2v) is 7.15. The van der Waals surface area contributed by atoms with Gasteiger partial charge in [-0.2, -0.15) is 0 Å². The summed E-state index contributed by atoms with van der Waals surface area (Å²) < 4.78 is 0.420. The van der Waals surface area contributed by atoms with Crippen molar-refractivity contribution in [3.63, 3.8) is 0 Å². The lowest BCUT2D eigenvalue weighted by Crippen LogP contribution is -2.25. The zero-order chi connectivity index (χ0) is 9.35. The minimum absolute atomic E-state index is 0.420. The zero-order valence-electron chi connectivity index (χ0n) is 8.60. The normalized spacial score (nSPS) is 37.2. The predicted molar refractivity (Wildman–Crippen MR) is 62.0 cm³/mol. The molecule has 0 saturated heterocycles. The van der Waals surface area contributed by atoms with Gasteiger partial charge in [0, 0.05) is 5.25 Å². The molecule has 1 aliphatic heterocycles. The van der Waals surface area contributed by atoms with Gasteiger partial charge >= 0.3 is 0 Å². The van der Waals surface area contributed by atoms with Crippen molar-refractivity contribution in [2.75, 3.05) is 6.26 Å². The Morgan fingerprint density at radius 2 is 2.08 bits per heavy atom. The van der Waals surface area contributed by atoms with Gasteiger partial charge in [0.05, 0.1) is 4.08 Å². The van der Waals surface area contributed by atoms with Crippen molar-refractivity contribution >= 4 is 23.5 Å². The molecule has 0 N–H and O–H groups in total. The SMILES string of the molecule is CSC1(C)CC(C)=C(C)C(C)S1. The van der Waals surface area contributed by atoms with Crippen molar-refractivity contribution in [3.8, 4) is 0 Å². The molecule has 0 aromatic rings. The molecule has 0 aliphatic carbocycles. The molecule has 2 heteroatoms. The van der Waals surface area contributed by atoms with Gasteiger partial charge in [-0.25, -0.2) is 0 Å². The molecule has 0 radical (unpaired) electrons. The summed E-state index contributed by atoms with van der Waals surface area (Å²) in [6, 6.07) is 0. The number of hydrogen-bond donors (Lipinski definition) is 0. The van der Waals surface area contributed by atoms with Crippen molar-refractivity contribution < 1.29 is 0 Å². The van der Waals surface area contributed by atoms with Crippen molar-refractivity contribution in [1.29, 1.82) is 0 Å². The van der Waals surface area contributed by atoms with E-state index in [1.807, 2.05) is 11.8 Å². The van der Waals surface area contributed by atoms with Crippen LogP contribution in [0.5, 0.6) is 0 Å². The van der Waals surface area contributed by atoms with Crippen LogP contribution in [0.15, 0.2) is 11.1 Å². The van der Waals surface area contributed by atoms with Gasteiger partial charge in [-0.15, -0.1) is 23.5 Å². The highest BCUT2D eigenvalue weighted by Crippen LogP contribution is 2.48. The predicted octanol–water partition coefficient (Wildman–Crippen LogP) is 3.93. The molecular formula is C10H18S2. The first-order valence-electron chi connectivity index (χ1n) is 4.38. The summed E-state index contributed by atoms with van der Waals surface area (Å²) in [5, 5.41) is 0.705. The summed E-state index contributed by atoms with van der Waals surface area (Å²) in [7, 11) is 0. The molecule has 1 heterocycles. The number of thioether (sulfide) groups is 2. The average Bonchev–Trinajstić information content (AvgIpc) is 2.00. The molecule has 0 bridgehead atoms. The summed E-state index contributed by atoms with van der Waals surface area (Å²) >= 11 is 4.09. The molecule has 0 aromatic carbocycles. The smallest absolute Gasteiger partial charge is 0.0623 e. The minimum Gasteiger partial charge on any atom is -0.148 e. The largest absolute Gasteiger partial charge is 0.148 e. The maximum Gasteiger partial charge on any atom is 0.0623 e. The Bertz CT molecular complexity index is 208. The average molecular weight is 202 g/mol. The lowest BCUT2D eigenvalue weighted by molar-refractivity contribution is 0.816. The lowest BCUT2D eigenvalue weighted by Gasteiger charge is -2.36. The molecule has 0 spiro atoms. The molecule has 1 rings (SSSR count). The molecule has 0 fully saturated rings. The fraction of sp³-hybridized carbons (Fsp3) is 0.800. The molecule has 0 amide bonds. The van der Waals surface area contributed by atoms with Crippen LogP contribution in [0.4, 0.5) is 0 Å². The quantitative estimate of drug-likeness (QED) is 0.591. The van der Waals surface area contributed by atoms with Crippen LogP contribution in [-0.4, -0.2) is 15.6 Å². The van der Waals surface area contributed by atoms with Crippen LogP contribution in [0.2, 0.25) is 0 Å². The highest BCUT2D eigenvalue weighted by Gasteiger charge is 2.32. The highest BCUT2D eigenvalue weighted by molar-refractivity contribution is 8.18. The summed E-state index contributed by atoms with van der Waals surface area (Å²) in [6.45, 7) is 9.22. The third-order valence-electron chi connectivity index (χ3n) is 2.73. The second-order valence-electron chi connectivity index (χ2n) is 3.74. The summed E-state index contributed by atoms with van der Waals surface area (Å²) in [6.07, 6.45) is 3.46. The van der Waals surface area contributed by atoms with Crippen molar-refractivity contribution in [2.24, 2.45) is 0 Å². The monoisotopic (exact) mass is 202 g/mol. The van der Waals surface area contributed by atoms with E-state index in [0.717, 1.165) is 0 Å². The van der Waals surface area contributed by atoms with Gasteiger partial charge in [0.15, 0.2) is 0 Å². The van der Waals surface area contributed by atoms with Crippen LogP contribution in [0.1, 0.15) is 34.1 Å². The van der Waals surface area contributed by atoms with Crippen LogP contribution in [0.3, 0.4) is 0 Å². The molecule has 0 nitrogen and oxygen atoms in total. The van der Waals surface area contributed by atoms with E-state index in [-0.39, 0.29) is 0 Å². The highest BCUT2D eigenvalue weighted by atomic mass is 32.2. The van der Waals surface area contributed by atoms with Gasteiger partial charge in [-0.1, -0.05) is 11.1 Å². The van der Waals surface area contributed by atoms with Crippen molar-refractivity contribution in [1.82, 2.24) is 0 Å². The van der Waals surface area contributed by atoms with Gasteiger partial charge in [0.2, 0.25) is 0 Å². The zero-order valence-corrected chi connectivity index (χ0v) is 10.2. The summed E-state index contributed by atoms with van der Waals surface area (Å²) in [4.78, 5) is 0. The van der Waals surface area contributed by atoms with Gasteiger partial charge in [-0.3, -0.25) is 0 Å². The summed E-state index contributed by atoms with van der Waals surface area (Å²) in [5.74, 6) is 0. The molecule has 70 valence electrons. The van der Waals surface area contributed by atoms with Gasteiger partial charge in [0.25, 0.3) is 0 Å². The van der Waals surface area contributed by atoms with Crippen LogP contribution in [-0.2, 0) is 0 Å². The van der Waals surface area contributed by atoms with Gasteiger partial charge < -0.3 is 0 Å². The fourth-order valence-electron chi connectivity index (χ4n) is 1.59. The van der Waals surface area contributed by atoms with Crippen molar-refractivity contribution in [2.45, 2.75) is 43.4 Å². The molecule has 0 aromatic heterocycles. The Morgan fingerprint density at radius 1 is 1.50 bits per heavy atom. The lowest BCUT2D eigenvalue weighted by atomic mass is 10.0. The Labute approximate surface area is 84.6 Å². The first kappa shape index (κ1) is 10.5. The van der Waals surface area contributed by atoms with E-state index in [9.17, 15) is 0 Å². The molecule has 2 unspecified atom stereocenters. The first-order chi connectivity index (χ1) is 5.48. The van der Waals surface area contributed by atoms with E-state index in [0.29, 0.717) is 9.33 Å². The van der Waals surface area contributed by atoms with Gasteiger partial charge in [-0.05, 0) is 40.4 Å². The third kappa shape index (κ3) is 2.02. The second kappa shape index (κ2) is 3.67. The number of rotatable bonds is 1. The molecular weight excluding hydrogens is 184 g/mol. The van der Waals surface area contributed by atoms with E-state index >= 15 is 0 Å². The van der Waals surface area contributed by atoms with E-state index in [4.69, 9.17) is 0 Å². The van der Waals surface area contributed by atoms with E-state index in [1.54, 1.807) is 11.1 Å². The standard InChI is InChI=1S/C10H18S2/c1-7-6-10(4,11-5)12-9(3)8(7)2/h9H,6H2,1-5H3. The van der Waals surface area contributed by atoms with Gasteiger partial charge in [0.1, 0.15) is 0 Å². The molecule has 2 atom stereocenters. The maximum atomic E-state index is 2.36. The molecule has 12 heavy (non-hydrogen) atoms. The minimum atomic E-state index is 0.420. The third-order valence-corrected chi connectivity index (χ3v) is 5.87. The number of hydrogen-bond acceptors (Lipinski definition) is 2. The van der Waals surface area contributed by atoms with Crippen LogP contribution < -0.4 is 0 Å². The Morgan fingerprint density at radius 3 is 2.50 bits per heavy atom. The fourth-order valence-corrected chi connectivity index (χ4v) is 4.20. The van der Waals surface area contributed by atoms with Crippen LogP contribution in [0, 0.1) is 0 Å². The van der Waals surface area contributed by atoms with Crippen molar-refractivity contribution in [3.05, 3.63) is 11.1 Å². The van der Waals surface area contributed by atoms with E-state index in [1.165, 1.54) is 6.42 Å². The Hall–Kier alpha value is 0.440. The number of allylic oxidation sites excluding steroid dienone is 1. The van der Waals surface area contributed by atoms with E-state index in [2.05, 4.69) is 45.7 Å². The maximum absolute atomic E-state index is 2.36. The van der Waals surface area contributed by atoms with Crippen LogP contribution >= 0.6 is 23.5 Å². The molecule has 0 saturated carbocycles. The Balaban J connectivity index is 2.84. The topological polar surface area (TPSA) is 0 Å². The van der Waals surface area contributed by atoms with E-state index < -0.39 is 0 Å².